The number of nitrogens with one attached hydrogen (secondary N) is 1. The van der Waals surface area contributed by atoms with E-state index in [1.807, 2.05) is 17.0 Å². The number of piperidine rings is 1. The number of rotatable bonds is 6. The van der Waals surface area contributed by atoms with E-state index in [4.69, 9.17) is 0 Å². The third-order valence-electron chi connectivity index (χ3n) is 4.97. The molecule has 26 heavy (non-hydrogen) atoms. The first-order valence-electron chi connectivity index (χ1n) is 9.65. The highest BCUT2D eigenvalue weighted by atomic mass is 16.2. The number of carbonyl (C=O) groups is 1. The fourth-order valence-electron chi connectivity index (χ4n) is 3.44. The normalized spacial score (nSPS) is 15.3. The Kier molecular flexibility index (Phi) is 6.26. The molecule has 0 radical (unpaired) electrons. The van der Waals surface area contributed by atoms with Gasteiger partial charge in [-0.3, -0.25) is 4.79 Å². The van der Waals surface area contributed by atoms with Gasteiger partial charge in [-0.1, -0.05) is 44.2 Å². The first kappa shape index (κ1) is 18.4. The first-order valence-corrected chi connectivity index (χ1v) is 9.65. The summed E-state index contributed by atoms with van der Waals surface area (Å²) in [7, 11) is 0. The summed E-state index contributed by atoms with van der Waals surface area (Å²) in [6.45, 7) is 6.85. The molecule has 1 fully saturated rings. The molecule has 0 unspecified atom stereocenters. The van der Waals surface area contributed by atoms with Crippen LogP contribution in [0.25, 0.3) is 0 Å². The average molecular weight is 351 g/mol. The molecule has 1 aromatic carbocycles. The van der Waals surface area contributed by atoms with Crippen LogP contribution in [0.1, 0.15) is 42.6 Å². The molecule has 2 aromatic rings. The number of hydrogen-bond donors (Lipinski definition) is 1. The average Bonchev–Trinajstić information content (AvgIpc) is 2.67. The summed E-state index contributed by atoms with van der Waals surface area (Å²) in [5, 5.41) is 3.29. The van der Waals surface area contributed by atoms with E-state index in [-0.39, 0.29) is 5.91 Å². The van der Waals surface area contributed by atoms with Crippen molar-refractivity contribution in [2.75, 3.05) is 25.0 Å². The van der Waals surface area contributed by atoms with E-state index >= 15 is 0 Å². The second-order valence-corrected chi connectivity index (χ2v) is 7.63. The van der Waals surface area contributed by atoms with Crippen molar-refractivity contribution in [1.29, 1.82) is 0 Å². The largest absolute Gasteiger partial charge is 0.370 e. The minimum atomic E-state index is 0.123. The molecule has 1 aliphatic rings. The molecule has 1 aliphatic heterocycles. The third kappa shape index (κ3) is 5.07. The summed E-state index contributed by atoms with van der Waals surface area (Å²) in [6, 6.07) is 14.3. The highest BCUT2D eigenvalue weighted by Gasteiger charge is 2.24. The van der Waals surface area contributed by atoms with Gasteiger partial charge in [-0.15, -0.1) is 0 Å². The van der Waals surface area contributed by atoms with Crippen molar-refractivity contribution in [2.45, 2.75) is 33.1 Å². The SMILES string of the molecule is CC(C)CNc1cc(C(=O)N2CCC(Cc3ccccc3)CC2)ccn1. The van der Waals surface area contributed by atoms with Gasteiger partial charge in [0.1, 0.15) is 5.82 Å². The maximum absolute atomic E-state index is 12.8. The van der Waals surface area contributed by atoms with E-state index in [1.165, 1.54) is 5.56 Å². The lowest BCUT2D eigenvalue weighted by atomic mass is 9.90. The van der Waals surface area contributed by atoms with Gasteiger partial charge in [0.2, 0.25) is 0 Å². The topological polar surface area (TPSA) is 45.2 Å². The second kappa shape index (κ2) is 8.84. The fraction of sp³-hybridized carbons (Fsp3) is 0.455. The molecule has 1 N–H and O–H groups in total. The number of hydrogen-bond acceptors (Lipinski definition) is 3. The van der Waals surface area contributed by atoms with Gasteiger partial charge in [0.05, 0.1) is 0 Å². The zero-order valence-electron chi connectivity index (χ0n) is 15.8. The van der Waals surface area contributed by atoms with Gasteiger partial charge in [-0.2, -0.15) is 0 Å². The molecule has 0 atom stereocenters. The maximum atomic E-state index is 12.8. The van der Waals surface area contributed by atoms with Gasteiger partial charge in [0.15, 0.2) is 0 Å². The number of aromatic nitrogens is 1. The molecule has 4 heteroatoms. The zero-order valence-corrected chi connectivity index (χ0v) is 15.8. The van der Waals surface area contributed by atoms with Gasteiger partial charge in [-0.25, -0.2) is 4.98 Å². The third-order valence-corrected chi connectivity index (χ3v) is 4.97. The van der Waals surface area contributed by atoms with Crippen molar-refractivity contribution in [2.24, 2.45) is 11.8 Å². The van der Waals surface area contributed by atoms with Crippen LogP contribution in [0, 0.1) is 11.8 Å². The Balaban J connectivity index is 1.54. The Hall–Kier alpha value is -2.36. The number of nitrogens with zero attached hydrogens (tertiary/aromatic N) is 2. The van der Waals surface area contributed by atoms with Crippen molar-refractivity contribution in [1.82, 2.24) is 9.88 Å². The maximum Gasteiger partial charge on any atom is 0.254 e. The number of anilines is 1. The fourth-order valence-corrected chi connectivity index (χ4v) is 3.44. The lowest BCUT2D eigenvalue weighted by Gasteiger charge is -2.32. The number of pyridine rings is 1. The minimum Gasteiger partial charge on any atom is -0.370 e. The number of carbonyl (C=O) groups excluding carboxylic acids is 1. The van der Waals surface area contributed by atoms with Crippen LogP contribution in [0.3, 0.4) is 0 Å². The predicted octanol–water partition coefficient (Wildman–Crippen LogP) is 4.24. The smallest absolute Gasteiger partial charge is 0.254 e. The van der Waals surface area contributed by atoms with E-state index in [9.17, 15) is 4.79 Å². The highest BCUT2D eigenvalue weighted by Crippen LogP contribution is 2.23. The van der Waals surface area contributed by atoms with Crippen molar-refractivity contribution in [3.05, 3.63) is 59.8 Å². The molecule has 1 amide bonds. The van der Waals surface area contributed by atoms with Crippen LogP contribution in [0.2, 0.25) is 0 Å². The monoisotopic (exact) mass is 351 g/mol. The highest BCUT2D eigenvalue weighted by molar-refractivity contribution is 5.94. The van der Waals surface area contributed by atoms with Crippen LogP contribution in [0.4, 0.5) is 5.82 Å². The zero-order chi connectivity index (χ0) is 18.4. The van der Waals surface area contributed by atoms with Crippen LogP contribution < -0.4 is 5.32 Å². The number of amides is 1. The molecule has 4 nitrogen and oxygen atoms in total. The molecule has 2 heterocycles. The van der Waals surface area contributed by atoms with Crippen molar-refractivity contribution in [3.63, 3.8) is 0 Å². The predicted molar refractivity (Wildman–Crippen MR) is 106 cm³/mol. The Morgan fingerprint density at radius 3 is 2.62 bits per heavy atom. The summed E-state index contributed by atoms with van der Waals surface area (Å²) >= 11 is 0. The quantitative estimate of drug-likeness (QED) is 0.846. The molecule has 1 aromatic heterocycles. The van der Waals surface area contributed by atoms with Crippen LogP contribution >= 0.6 is 0 Å². The van der Waals surface area contributed by atoms with Gasteiger partial charge in [0, 0.05) is 31.4 Å². The Bertz CT molecular complexity index is 706. The van der Waals surface area contributed by atoms with E-state index in [0.29, 0.717) is 11.8 Å². The van der Waals surface area contributed by atoms with Gasteiger partial charge in [-0.05, 0) is 48.8 Å². The van der Waals surface area contributed by atoms with E-state index in [1.54, 1.807) is 6.20 Å². The Morgan fingerprint density at radius 1 is 1.19 bits per heavy atom. The molecule has 0 saturated carbocycles. The van der Waals surface area contributed by atoms with Crippen LogP contribution in [0.15, 0.2) is 48.7 Å². The van der Waals surface area contributed by atoms with E-state index < -0.39 is 0 Å². The van der Waals surface area contributed by atoms with Gasteiger partial charge >= 0.3 is 0 Å². The molecular formula is C22H29N3O. The number of likely N-dealkylation sites (tertiary alicyclic amines) is 1. The molecule has 1 saturated heterocycles. The Labute approximate surface area is 156 Å². The molecule has 0 aliphatic carbocycles. The van der Waals surface area contributed by atoms with Crippen LogP contribution in [0.5, 0.6) is 0 Å². The summed E-state index contributed by atoms with van der Waals surface area (Å²) in [4.78, 5) is 19.1. The van der Waals surface area contributed by atoms with E-state index in [0.717, 1.165) is 50.3 Å². The lowest BCUT2D eigenvalue weighted by Crippen LogP contribution is -2.39. The first-order chi connectivity index (χ1) is 12.6. The molecule has 0 spiro atoms. The minimum absolute atomic E-state index is 0.123. The Morgan fingerprint density at radius 2 is 1.92 bits per heavy atom. The van der Waals surface area contributed by atoms with Crippen molar-refractivity contribution >= 4 is 11.7 Å². The van der Waals surface area contributed by atoms with E-state index in [2.05, 4.69) is 54.5 Å². The van der Waals surface area contributed by atoms with Gasteiger partial charge < -0.3 is 10.2 Å². The molecule has 3 rings (SSSR count). The standard InChI is InChI=1S/C22H29N3O/c1-17(2)16-24-21-15-20(8-11-23-21)22(26)25-12-9-19(10-13-25)14-18-6-4-3-5-7-18/h3-8,11,15,17,19H,9-10,12-14,16H2,1-2H3,(H,23,24). The van der Waals surface area contributed by atoms with Gasteiger partial charge in [0.25, 0.3) is 5.91 Å². The lowest BCUT2D eigenvalue weighted by molar-refractivity contribution is 0.0690. The molecular weight excluding hydrogens is 322 g/mol. The van der Waals surface area contributed by atoms with Crippen LogP contribution in [-0.2, 0) is 6.42 Å². The van der Waals surface area contributed by atoms with Crippen LogP contribution in [-0.4, -0.2) is 35.4 Å². The summed E-state index contributed by atoms with van der Waals surface area (Å²) in [5.41, 5.74) is 2.13. The molecule has 0 bridgehead atoms. The second-order valence-electron chi connectivity index (χ2n) is 7.63. The summed E-state index contributed by atoms with van der Waals surface area (Å²) < 4.78 is 0. The van der Waals surface area contributed by atoms with Crippen molar-refractivity contribution in [3.8, 4) is 0 Å². The molecule has 138 valence electrons. The van der Waals surface area contributed by atoms with Crippen molar-refractivity contribution < 1.29 is 4.79 Å². The number of benzene rings is 1. The summed E-state index contributed by atoms with van der Waals surface area (Å²) in [6.07, 6.45) is 4.98. The summed E-state index contributed by atoms with van der Waals surface area (Å²) in [5.74, 6) is 2.11.